The molecule has 1 aliphatic rings. The smallest absolute Gasteiger partial charge is 0.256 e. The molecule has 0 radical (unpaired) electrons. The Morgan fingerprint density at radius 2 is 2.11 bits per heavy atom. The number of nitrogens with one attached hydrogen (secondary N) is 1. The lowest BCUT2D eigenvalue weighted by Gasteiger charge is -2.38. The summed E-state index contributed by atoms with van der Waals surface area (Å²) < 4.78 is 28.2. The highest BCUT2D eigenvalue weighted by molar-refractivity contribution is 5.86. The fraction of sp³-hybridized carbons (Fsp3) is 0.474. The molecule has 1 aliphatic heterocycles. The summed E-state index contributed by atoms with van der Waals surface area (Å²) in [4.78, 5) is 14.3. The molecule has 1 aromatic heterocycles. The van der Waals surface area contributed by atoms with Crippen molar-refractivity contribution in [2.24, 2.45) is 7.05 Å². The second kappa shape index (κ2) is 7.74. The van der Waals surface area contributed by atoms with Gasteiger partial charge in [-0.1, -0.05) is 6.07 Å². The molecule has 2 heterocycles. The van der Waals surface area contributed by atoms with E-state index in [-0.39, 0.29) is 13.1 Å². The van der Waals surface area contributed by atoms with E-state index in [0.29, 0.717) is 31.5 Å². The molecule has 0 unspecified atom stereocenters. The normalized spacial score (nSPS) is 20.3. The van der Waals surface area contributed by atoms with Gasteiger partial charge in [-0.15, -0.1) is 0 Å². The van der Waals surface area contributed by atoms with E-state index in [1.807, 2.05) is 20.2 Å². The van der Waals surface area contributed by atoms with E-state index in [0.717, 1.165) is 23.4 Å². The van der Waals surface area contributed by atoms with Crippen LogP contribution in [0.25, 0.3) is 0 Å². The maximum absolute atomic E-state index is 13.4. The molecule has 0 aliphatic carbocycles. The molecule has 1 saturated heterocycles. The first-order chi connectivity index (χ1) is 12.8. The molecule has 146 valence electrons. The number of amides is 1. The van der Waals surface area contributed by atoms with Crippen LogP contribution in [0.3, 0.4) is 0 Å². The first kappa shape index (κ1) is 19.4. The van der Waals surface area contributed by atoms with Crippen molar-refractivity contribution in [1.82, 2.24) is 20.0 Å². The highest BCUT2D eigenvalue weighted by atomic mass is 19.2. The van der Waals surface area contributed by atoms with Gasteiger partial charge in [0.25, 0.3) is 5.91 Å². The summed E-state index contributed by atoms with van der Waals surface area (Å²) >= 11 is 0. The number of carbonyl (C=O) groups excluding carboxylic acids is 1. The molecule has 1 amide bonds. The number of aromatic nitrogens is 2. The maximum Gasteiger partial charge on any atom is 0.256 e. The first-order valence-corrected chi connectivity index (χ1v) is 8.94. The summed E-state index contributed by atoms with van der Waals surface area (Å²) in [7, 11) is 1.84. The molecular formula is C19H24F2N4O2. The molecule has 1 aromatic carbocycles. The Labute approximate surface area is 156 Å². The topological polar surface area (TPSA) is 70.4 Å². The minimum atomic E-state index is -1.51. The van der Waals surface area contributed by atoms with Gasteiger partial charge in [0.05, 0.1) is 5.69 Å². The van der Waals surface area contributed by atoms with Crippen molar-refractivity contribution in [3.63, 3.8) is 0 Å². The van der Waals surface area contributed by atoms with Crippen molar-refractivity contribution < 1.29 is 18.7 Å². The van der Waals surface area contributed by atoms with Crippen molar-refractivity contribution in [3.05, 3.63) is 52.9 Å². The van der Waals surface area contributed by atoms with Crippen molar-refractivity contribution in [3.8, 4) is 0 Å². The lowest BCUT2D eigenvalue weighted by molar-refractivity contribution is -0.157. The SMILES string of the molecule is Cc1nn(C)cc1CNC[C@]1(O)CCCN(Cc2ccc(F)c(F)c2)C1=O. The van der Waals surface area contributed by atoms with E-state index in [1.54, 1.807) is 4.68 Å². The summed E-state index contributed by atoms with van der Waals surface area (Å²) in [6.45, 7) is 3.13. The van der Waals surface area contributed by atoms with E-state index in [2.05, 4.69) is 10.4 Å². The zero-order chi connectivity index (χ0) is 19.6. The van der Waals surface area contributed by atoms with Gasteiger partial charge in [-0.25, -0.2) is 8.78 Å². The van der Waals surface area contributed by atoms with E-state index < -0.39 is 23.1 Å². The zero-order valence-corrected chi connectivity index (χ0v) is 15.5. The second-order valence-electron chi connectivity index (χ2n) is 7.13. The van der Waals surface area contributed by atoms with Crippen LogP contribution in [-0.2, 0) is 24.9 Å². The van der Waals surface area contributed by atoms with Crippen LogP contribution >= 0.6 is 0 Å². The molecule has 2 N–H and O–H groups in total. The molecule has 3 rings (SSSR count). The number of hydrogen-bond donors (Lipinski definition) is 2. The number of halogens is 2. The number of carbonyl (C=O) groups is 1. The molecule has 2 aromatic rings. The van der Waals surface area contributed by atoms with E-state index in [1.165, 1.54) is 11.0 Å². The Morgan fingerprint density at radius 3 is 2.78 bits per heavy atom. The van der Waals surface area contributed by atoms with Gasteiger partial charge in [-0.05, 0) is 37.5 Å². The van der Waals surface area contributed by atoms with Crippen LogP contribution in [0.4, 0.5) is 8.78 Å². The fourth-order valence-electron chi connectivity index (χ4n) is 3.46. The van der Waals surface area contributed by atoms with Gasteiger partial charge in [0.2, 0.25) is 0 Å². The van der Waals surface area contributed by atoms with Gasteiger partial charge in [0.15, 0.2) is 17.2 Å². The minimum absolute atomic E-state index is 0.119. The summed E-state index contributed by atoms with van der Waals surface area (Å²) in [6.07, 6.45) is 2.89. The molecule has 1 fully saturated rings. The Bertz CT molecular complexity index is 839. The lowest BCUT2D eigenvalue weighted by atomic mass is 9.91. The molecule has 0 saturated carbocycles. The molecule has 0 bridgehead atoms. The molecule has 1 atom stereocenters. The van der Waals surface area contributed by atoms with Crippen molar-refractivity contribution in [1.29, 1.82) is 0 Å². The van der Waals surface area contributed by atoms with Crippen molar-refractivity contribution in [2.75, 3.05) is 13.1 Å². The Kier molecular flexibility index (Phi) is 5.57. The van der Waals surface area contributed by atoms with Crippen LogP contribution in [0.1, 0.15) is 29.7 Å². The first-order valence-electron chi connectivity index (χ1n) is 8.94. The number of aliphatic hydroxyl groups is 1. The third kappa shape index (κ3) is 4.33. The summed E-state index contributed by atoms with van der Waals surface area (Å²) in [5, 5.41) is 18.2. The fourth-order valence-corrected chi connectivity index (χ4v) is 3.46. The van der Waals surface area contributed by atoms with Gasteiger partial charge in [-0.3, -0.25) is 9.48 Å². The van der Waals surface area contributed by atoms with E-state index in [4.69, 9.17) is 0 Å². The van der Waals surface area contributed by atoms with Crippen molar-refractivity contribution >= 4 is 5.91 Å². The van der Waals surface area contributed by atoms with Gasteiger partial charge < -0.3 is 15.3 Å². The van der Waals surface area contributed by atoms with Crippen LogP contribution < -0.4 is 5.32 Å². The molecule has 8 heteroatoms. The Morgan fingerprint density at radius 1 is 1.33 bits per heavy atom. The van der Waals surface area contributed by atoms with Gasteiger partial charge in [0.1, 0.15) is 0 Å². The number of nitrogens with zero attached hydrogens (tertiary/aromatic N) is 3. The summed E-state index contributed by atoms with van der Waals surface area (Å²) in [5.41, 5.74) is 0.882. The average molecular weight is 378 g/mol. The van der Waals surface area contributed by atoms with Crippen LogP contribution in [-0.4, -0.2) is 44.4 Å². The van der Waals surface area contributed by atoms with E-state index in [9.17, 15) is 18.7 Å². The predicted octanol–water partition coefficient (Wildman–Crippen LogP) is 1.65. The van der Waals surface area contributed by atoms with E-state index >= 15 is 0 Å². The lowest BCUT2D eigenvalue weighted by Crippen LogP contribution is -2.57. The Balaban J connectivity index is 1.62. The standard InChI is InChI=1S/C19H24F2N4O2/c1-13-15(11-24(2)23-13)9-22-12-19(27)6-3-7-25(18(19)26)10-14-4-5-16(20)17(21)8-14/h4-5,8,11,22,27H,3,6-7,9-10,12H2,1-2H3/t19-/m1/s1. The number of hydrogen-bond acceptors (Lipinski definition) is 4. The van der Waals surface area contributed by atoms with Gasteiger partial charge in [-0.2, -0.15) is 5.10 Å². The molecule has 0 spiro atoms. The van der Waals surface area contributed by atoms with Crippen LogP contribution in [0.5, 0.6) is 0 Å². The number of aryl methyl sites for hydroxylation is 2. The van der Waals surface area contributed by atoms with Crippen LogP contribution in [0.2, 0.25) is 0 Å². The zero-order valence-electron chi connectivity index (χ0n) is 15.5. The number of benzene rings is 1. The molecule has 27 heavy (non-hydrogen) atoms. The number of likely N-dealkylation sites (tertiary alicyclic amines) is 1. The minimum Gasteiger partial charge on any atom is -0.379 e. The number of rotatable bonds is 6. The maximum atomic E-state index is 13.4. The highest BCUT2D eigenvalue weighted by Gasteiger charge is 2.41. The monoisotopic (exact) mass is 378 g/mol. The summed E-state index contributed by atoms with van der Waals surface area (Å²) in [5.74, 6) is -2.26. The Hall–Kier alpha value is -2.32. The molecule has 6 nitrogen and oxygen atoms in total. The summed E-state index contributed by atoms with van der Waals surface area (Å²) in [6, 6.07) is 3.57. The largest absolute Gasteiger partial charge is 0.379 e. The van der Waals surface area contributed by atoms with Gasteiger partial charge >= 0.3 is 0 Å². The third-order valence-electron chi connectivity index (χ3n) is 4.91. The van der Waals surface area contributed by atoms with Crippen LogP contribution in [0, 0.1) is 18.6 Å². The predicted molar refractivity (Wildman–Crippen MR) is 95.6 cm³/mol. The number of piperidine rings is 1. The highest BCUT2D eigenvalue weighted by Crippen LogP contribution is 2.24. The molecular weight excluding hydrogens is 354 g/mol. The quantitative estimate of drug-likeness (QED) is 0.802. The van der Waals surface area contributed by atoms with Gasteiger partial charge in [0, 0.05) is 45.0 Å². The van der Waals surface area contributed by atoms with Crippen molar-refractivity contribution in [2.45, 2.75) is 38.5 Å². The second-order valence-corrected chi connectivity index (χ2v) is 7.13. The van der Waals surface area contributed by atoms with Crippen LogP contribution in [0.15, 0.2) is 24.4 Å². The average Bonchev–Trinajstić information content (AvgIpc) is 2.93. The third-order valence-corrected chi connectivity index (χ3v) is 4.91.